The van der Waals surface area contributed by atoms with Crippen LogP contribution in [0.4, 0.5) is 8.78 Å². The first-order valence-electron chi connectivity index (χ1n) is 7.84. The van der Waals surface area contributed by atoms with Crippen molar-refractivity contribution >= 4 is 5.91 Å². The monoisotopic (exact) mass is 337 g/mol. The van der Waals surface area contributed by atoms with Crippen LogP contribution in [0.3, 0.4) is 0 Å². The van der Waals surface area contributed by atoms with Crippen molar-refractivity contribution < 1.29 is 13.6 Å². The Morgan fingerprint density at radius 2 is 1.24 bits per heavy atom. The third kappa shape index (κ3) is 2.80. The Morgan fingerprint density at radius 3 is 1.64 bits per heavy atom. The lowest BCUT2D eigenvalue weighted by molar-refractivity contribution is -0.121. The molecule has 0 aliphatic heterocycles. The molecule has 3 aromatic carbocycles. The Hall–Kier alpha value is -3.01. The van der Waals surface area contributed by atoms with E-state index in [1.807, 2.05) is 31.2 Å². The van der Waals surface area contributed by atoms with Gasteiger partial charge in [0.05, 0.1) is 0 Å². The molecule has 0 saturated heterocycles. The summed E-state index contributed by atoms with van der Waals surface area (Å²) in [6.07, 6.45) is 0. The van der Waals surface area contributed by atoms with Gasteiger partial charge in [0.15, 0.2) is 0 Å². The lowest BCUT2D eigenvalue weighted by atomic mass is 9.67. The molecule has 0 saturated carbocycles. The van der Waals surface area contributed by atoms with Crippen LogP contribution in [0.5, 0.6) is 0 Å². The second kappa shape index (κ2) is 6.48. The number of rotatable bonds is 4. The van der Waals surface area contributed by atoms with Gasteiger partial charge in [0.2, 0.25) is 5.91 Å². The van der Waals surface area contributed by atoms with E-state index in [-0.39, 0.29) is 0 Å². The molecule has 0 atom stereocenters. The van der Waals surface area contributed by atoms with E-state index in [1.165, 1.54) is 48.5 Å². The van der Waals surface area contributed by atoms with E-state index in [4.69, 9.17) is 5.73 Å². The average Bonchev–Trinajstić information content (AvgIpc) is 2.59. The summed E-state index contributed by atoms with van der Waals surface area (Å²) in [6, 6.07) is 18.7. The molecule has 0 aliphatic carbocycles. The molecule has 0 aliphatic rings. The lowest BCUT2D eigenvalue weighted by Gasteiger charge is -2.34. The molecule has 25 heavy (non-hydrogen) atoms. The molecular formula is C21H17F2NO. The number of nitrogens with two attached hydrogens (primary N) is 1. The van der Waals surface area contributed by atoms with Crippen molar-refractivity contribution in [2.75, 3.05) is 0 Å². The number of aryl methyl sites for hydroxylation is 1. The summed E-state index contributed by atoms with van der Waals surface area (Å²) in [5.41, 5.74) is 7.14. The molecular weight excluding hydrogens is 320 g/mol. The number of primary amides is 1. The summed E-state index contributed by atoms with van der Waals surface area (Å²) < 4.78 is 26.9. The maximum Gasteiger partial charge on any atom is 0.237 e. The van der Waals surface area contributed by atoms with Gasteiger partial charge >= 0.3 is 0 Å². The molecule has 4 heteroatoms. The van der Waals surface area contributed by atoms with Crippen LogP contribution in [0.1, 0.15) is 22.3 Å². The number of carbonyl (C=O) groups is 1. The van der Waals surface area contributed by atoms with Crippen molar-refractivity contribution in [3.8, 4) is 0 Å². The molecule has 0 spiro atoms. The Kier molecular flexibility index (Phi) is 4.36. The number of carbonyl (C=O) groups excluding carboxylic acids is 1. The maximum absolute atomic E-state index is 13.4. The number of hydrogen-bond acceptors (Lipinski definition) is 1. The van der Waals surface area contributed by atoms with Gasteiger partial charge in [-0.2, -0.15) is 0 Å². The fourth-order valence-electron chi connectivity index (χ4n) is 3.29. The zero-order valence-corrected chi connectivity index (χ0v) is 13.7. The molecule has 0 bridgehead atoms. The van der Waals surface area contributed by atoms with Gasteiger partial charge in [-0.3, -0.25) is 4.79 Å². The van der Waals surface area contributed by atoms with Gasteiger partial charge in [-0.25, -0.2) is 8.78 Å². The van der Waals surface area contributed by atoms with Gasteiger partial charge in [0.1, 0.15) is 17.0 Å². The molecule has 2 N–H and O–H groups in total. The molecule has 3 aromatic rings. The number of amides is 1. The van der Waals surface area contributed by atoms with Crippen LogP contribution in [-0.4, -0.2) is 5.91 Å². The molecule has 0 fully saturated rings. The highest BCUT2D eigenvalue weighted by molar-refractivity contribution is 5.95. The molecule has 0 radical (unpaired) electrons. The second-order valence-corrected chi connectivity index (χ2v) is 5.94. The first kappa shape index (κ1) is 16.8. The molecule has 126 valence electrons. The minimum Gasteiger partial charge on any atom is -0.368 e. The van der Waals surface area contributed by atoms with Gasteiger partial charge in [0.25, 0.3) is 0 Å². The zero-order valence-electron chi connectivity index (χ0n) is 13.7. The van der Waals surface area contributed by atoms with E-state index in [0.29, 0.717) is 16.7 Å². The van der Waals surface area contributed by atoms with Crippen LogP contribution in [-0.2, 0) is 10.2 Å². The summed E-state index contributed by atoms with van der Waals surface area (Å²) in [6.45, 7) is 1.88. The van der Waals surface area contributed by atoms with Crippen LogP contribution >= 0.6 is 0 Å². The maximum atomic E-state index is 13.4. The van der Waals surface area contributed by atoms with E-state index < -0.39 is 23.0 Å². The number of halogens is 2. The molecule has 3 rings (SSSR count). The van der Waals surface area contributed by atoms with Crippen LogP contribution in [0.25, 0.3) is 0 Å². The minimum absolute atomic E-state index is 0.411. The fraction of sp³-hybridized carbons (Fsp3) is 0.0952. The summed E-state index contributed by atoms with van der Waals surface area (Å²) in [5.74, 6) is -1.43. The van der Waals surface area contributed by atoms with Crippen molar-refractivity contribution in [1.29, 1.82) is 0 Å². The first-order valence-corrected chi connectivity index (χ1v) is 7.84. The summed E-state index contributed by atoms with van der Waals surface area (Å²) in [7, 11) is 0. The lowest BCUT2D eigenvalue weighted by Crippen LogP contribution is -2.44. The van der Waals surface area contributed by atoms with Crippen molar-refractivity contribution in [3.05, 3.63) is 107 Å². The quantitative estimate of drug-likeness (QED) is 0.716. The van der Waals surface area contributed by atoms with Gasteiger partial charge < -0.3 is 5.73 Å². The minimum atomic E-state index is -1.34. The van der Waals surface area contributed by atoms with Gasteiger partial charge in [-0.05, 0) is 53.4 Å². The van der Waals surface area contributed by atoms with E-state index in [2.05, 4.69) is 0 Å². The zero-order chi connectivity index (χ0) is 18.0. The van der Waals surface area contributed by atoms with Crippen molar-refractivity contribution in [2.24, 2.45) is 5.73 Å². The Balaban J connectivity index is 2.40. The standard InChI is InChI=1S/C21H17F2NO/c1-14-4-2-3-5-19(14)21(20(24)25,15-6-10-17(22)11-7-15)16-8-12-18(23)13-9-16/h2-13H,1H3,(H2,24,25). The topological polar surface area (TPSA) is 43.1 Å². The van der Waals surface area contributed by atoms with Gasteiger partial charge in [-0.1, -0.05) is 48.5 Å². The molecule has 1 amide bonds. The Bertz CT molecular complexity index is 856. The average molecular weight is 337 g/mol. The van der Waals surface area contributed by atoms with Crippen molar-refractivity contribution in [1.82, 2.24) is 0 Å². The molecule has 2 nitrogen and oxygen atoms in total. The van der Waals surface area contributed by atoms with E-state index >= 15 is 0 Å². The van der Waals surface area contributed by atoms with Crippen LogP contribution < -0.4 is 5.73 Å². The number of benzene rings is 3. The summed E-state index contributed by atoms with van der Waals surface area (Å²) >= 11 is 0. The van der Waals surface area contributed by atoms with Crippen molar-refractivity contribution in [3.63, 3.8) is 0 Å². The Labute approximate surface area is 144 Å². The molecule has 0 aromatic heterocycles. The van der Waals surface area contributed by atoms with Crippen LogP contribution in [0.15, 0.2) is 72.8 Å². The normalized spacial score (nSPS) is 11.3. The molecule has 0 unspecified atom stereocenters. The largest absolute Gasteiger partial charge is 0.368 e. The highest BCUT2D eigenvalue weighted by atomic mass is 19.1. The highest BCUT2D eigenvalue weighted by Gasteiger charge is 2.43. The van der Waals surface area contributed by atoms with E-state index in [9.17, 15) is 13.6 Å². The third-order valence-electron chi connectivity index (χ3n) is 4.47. The predicted molar refractivity (Wildman–Crippen MR) is 93.1 cm³/mol. The van der Waals surface area contributed by atoms with Gasteiger partial charge in [0, 0.05) is 0 Å². The van der Waals surface area contributed by atoms with Crippen LogP contribution in [0, 0.1) is 18.6 Å². The molecule has 0 heterocycles. The Morgan fingerprint density at radius 1 is 0.800 bits per heavy atom. The number of hydrogen-bond donors (Lipinski definition) is 1. The second-order valence-electron chi connectivity index (χ2n) is 5.94. The van der Waals surface area contributed by atoms with E-state index in [0.717, 1.165) is 5.56 Å². The summed E-state index contributed by atoms with van der Waals surface area (Å²) in [4.78, 5) is 12.8. The highest BCUT2D eigenvalue weighted by Crippen LogP contribution is 2.40. The van der Waals surface area contributed by atoms with Crippen molar-refractivity contribution in [2.45, 2.75) is 12.3 Å². The predicted octanol–water partition coefficient (Wildman–Crippen LogP) is 4.09. The van der Waals surface area contributed by atoms with Crippen LogP contribution in [0.2, 0.25) is 0 Å². The van der Waals surface area contributed by atoms with E-state index in [1.54, 1.807) is 0 Å². The SMILES string of the molecule is Cc1ccccc1C(C(N)=O)(c1ccc(F)cc1)c1ccc(F)cc1. The summed E-state index contributed by atoms with van der Waals surface area (Å²) in [5, 5.41) is 0. The smallest absolute Gasteiger partial charge is 0.237 e. The third-order valence-corrected chi connectivity index (χ3v) is 4.47. The first-order chi connectivity index (χ1) is 12.0. The van der Waals surface area contributed by atoms with Gasteiger partial charge in [-0.15, -0.1) is 0 Å². The fourth-order valence-corrected chi connectivity index (χ4v) is 3.29.